The van der Waals surface area contributed by atoms with Gasteiger partial charge in [-0.25, -0.2) is 9.18 Å². The summed E-state index contributed by atoms with van der Waals surface area (Å²) in [5.41, 5.74) is 1.52. The van der Waals surface area contributed by atoms with Crippen LogP contribution in [0.25, 0.3) is 0 Å². The Labute approximate surface area is 137 Å². The van der Waals surface area contributed by atoms with E-state index in [-0.39, 0.29) is 12.5 Å². The summed E-state index contributed by atoms with van der Waals surface area (Å²) in [5, 5.41) is 7.03. The third-order valence-electron chi connectivity index (χ3n) is 3.64. The van der Waals surface area contributed by atoms with Crippen molar-refractivity contribution in [1.29, 1.82) is 0 Å². The highest BCUT2D eigenvalue weighted by Gasteiger charge is 2.21. The maximum absolute atomic E-state index is 13.0. The quantitative estimate of drug-likeness (QED) is 0.907. The van der Waals surface area contributed by atoms with Gasteiger partial charge in [-0.1, -0.05) is 6.07 Å². The van der Waals surface area contributed by atoms with E-state index in [9.17, 15) is 14.0 Å². The number of carbonyl (C=O) groups excluding carboxylic acids is 2. The number of hydrogen-bond donors (Lipinski definition) is 2. The van der Waals surface area contributed by atoms with E-state index in [4.69, 9.17) is 0 Å². The summed E-state index contributed by atoms with van der Waals surface area (Å²) in [7, 11) is 0. The molecule has 7 heteroatoms. The lowest BCUT2D eigenvalue weighted by Gasteiger charge is -2.27. The summed E-state index contributed by atoms with van der Waals surface area (Å²) in [6, 6.07) is 7.09. The zero-order chi connectivity index (χ0) is 16.2. The number of carbonyl (C=O) groups is 2. The highest BCUT2D eigenvalue weighted by atomic mass is 32.1. The Balaban J connectivity index is 1.48. The third-order valence-corrected chi connectivity index (χ3v) is 4.67. The van der Waals surface area contributed by atoms with E-state index >= 15 is 0 Å². The summed E-state index contributed by atoms with van der Waals surface area (Å²) >= 11 is 1.71. The molecule has 0 radical (unpaired) electrons. The van der Waals surface area contributed by atoms with Gasteiger partial charge in [-0.3, -0.25) is 4.79 Å². The molecule has 3 rings (SSSR count). The molecular weight excluding hydrogens is 317 g/mol. The number of nitrogens with one attached hydrogen (secondary N) is 2. The van der Waals surface area contributed by atoms with Crippen molar-refractivity contribution in [2.75, 3.05) is 18.4 Å². The molecule has 2 aromatic rings. The highest BCUT2D eigenvalue weighted by molar-refractivity contribution is 7.10. The number of hydrogen-bond acceptors (Lipinski definition) is 3. The van der Waals surface area contributed by atoms with Gasteiger partial charge in [0.1, 0.15) is 5.82 Å². The topological polar surface area (TPSA) is 61.4 Å². The van der Waals surface area contributed by atoms with E-state index in [2.05, 4.69) is 10.6 Å². The lowest BCUT2D eigenvalue weighted by molar-refractivity contribution is -0.130. The zero-order valence-electron chi connectivity index (χ0n) is 12.3. The molecule has 2 N–H and O–H groups in total. The van der Waals surface area contributed by atoms with Crippen LogP contribution in [0.5, 0.6) is 0 Å². The molecule has 0 bridgehead atoms. The van der Waals surface area contributed by atoms with Crippen LogP contribution in [-0.2, 0) is 17.8 Å². The molecule has 0 unspecified atom stereocenters. The van der Waals surface area contributed by atoms with E-state index in [1.165, 1.54) is 28.6 Å². The Morgan fingerprint density at radius 3 is 3.00 bits per heavy atom. The maximum Gasteiger partial charge on any atom is 0.319 e. The molecule has 120 valence electrons. The Bertz CT molecular complexity index is 732. The third kappa shape index (κ3) is 3.87. The predicted molar refractivity (Wildman–Crippen MR) is 86.9 cm³/mol. The number of amides is 3. The molecule has 0 atom stereocenters. The number of nitrogens with zero attached hydrogens (tertiary/aromatic N) is 1. The van der Waals surface area contributed by atoms with Crippen molar-refractivity contribution in [3.8, 4) is 0 Å². The van der Waals surface area contributed by atoms with Crippen molar-refractivity contribution in [3.63, 3.8) is 0 Å². The molecule has 0 spiro atoms. The van der Waals surface area contributed by atoms with Gasteiger partial charge in [0.15, 0.2) is 0 Å². The first-order valence-electron chi connectivity index (χ1n) is 7.25. The molecule has 1 aliphatic heterocycles. The average molecular weight is 333 g/mol. The molecule has 0 saturated carbocycles. The summed E-state index contributed by atoms with van der Waals surface area (Å²) in [5.74, 6) is -0.560. The van der Waals surface area contributed by atoms with Crippen LogP contribution in [0, 0.1) is 5.82 Å². The molecule has 2 heterocycles. The van der Waals surface area contributed by atoms with Gasteiger partial charge in [0, 0.05) is 23.7 Å². The van der Waals surface area contributed by atoms with Gasteiger partial charge in [0.25, 0.3) is 0 Å². The summed E-state index contributed by atoms with van der Waals surface area (Å²) in [4.78, 5) is 27.0. The standard InChI is InChI=1S/C16H16FN3O2S/c17-12-2-1-3-13(8-12)19-16(22)18-9-15(21)20-6-4-14-11(10-20)5-7-23-14/h1-3,5,7-8H,4,6,9-10H2,(H2,18,19,22). The van der Waals surface area contributed by atoms with Crippen LogP contribution in [-0.4, -0.2) is 29.9 Å². The lowest BCUT2D eigenvalue weighted by Crippen LogP contribution is -2.43. The van der Waals surface area contributed by atoms with Crippen molar-refractivity contribution < 1.29 is 14.0 Å². The van der Waals surface area contributed by atoms with Crippen molar-refractivity contribution >= 4 is 29.0 Å². The zero-order valence-corrected chi connectivity index (χ0v) is 13.2. The fourth-order valence-electron chi connectivity index (χ4n) is 2.47. The van der Waals surface area contributed by atoms with Gasteiger partial charge in [-0.05, 0) is 41.6 Å². The monoisotopic (exact) mass is 333 g/mol. The van der Waals surface area contributed by atoms with E-state index in [0.29, 0.717) is 18.8 Å². The van der Waals surface area contributed by atoms with E-state index in [1.807, 2.05) is 11.4 Å². The number of benzene rings is 1. The van der Waals surface area contributed by atoms with Crippen molar-refractivity contribution in [3.05, 3.63) is 52.0 Å². The first kappa shape index (κ1) is 15.5. The smallest absolute Gasteiger partial charge is 0.319 e. The number of anilines is 1. The molecule has 0 fully saturated rings. The minimum Gasteiger partial charge on any atom is -0.336 e. The average Bonchev–Trinajstić information content (AvgIpc) is 3.00. The first-order chi connectivity index (χ1) is 11.1. The number of rotatable bonds is 3. The van der Waals surface area contributed by atoms with Crippen LogP contribution in [0.15, 0.2) is 35.7 Å². The van der Waals surface area contributed by atoms with Crippen LogP contribution in [0.3, 0.4) is 0 Å². The van der Waals surface area contributed by atoms with Crippen LogP contribution < -0.4 is 10.6 Å². The van der Waals surface area contributed by atoms with E-state index < -0.39 is 11.8 Å². The van der Waals surface area contributed by atoms with Crippen LogP contribution in [0.2, 0.25) is 0 Å². The molecule has 5 nitrogen and oxygen atoms in total. The van der Waals surface area contributed by atoms with Crippen LogP contribution in [0.1, 0.15) is 10.4 Å². The molecule has 0 aliphatic carbocycles. The molecule has 1 aliphatic rings. The Kier molecular flexibility index (Phi) is 4.57. The second-order valence-corrected chi connectivity index (χ2v) is 6.25. The summed E-state index contributed by atoms with van der Waals surface area (Å²) < 4.78 is 13.0. The van der Waals surface area contributed by atoms with Gasteiger partial charge >= 0.3 is 6.03 Å². The van der Waals surface area contributed by atoms with Gasteiger partial charge in [-0.2, -0.15) is 0 Å². The molecule has 1 aromatic carbocycles. The molecule has 3 amide bonds. The van der Waals surface area contributed by atoms with Crippen molar-refractivity contribution in [1.82, 2.24) is 10.2 Å². The minimum atomic E-state index is -0.530. The normalized spacial score (nSPS) is 13.3. The molecular formula is C16H16FN3O2S. The lowest BCUT2D eigenvalue weighted by atomic mass is 10.1. The second-order valence-electron chi connectivity index (χ2n) is 5.25. The van der Waals surface area contributed by atoms with Crippen LogP contribution in [0.4, 0.5) is 14.9 Å². The first-order valence-corrected chi connectivity index (χ1v) is 8.13. The van der Waals surface area contributed by atoms with Crippen molar-refractivity contribution in [2.45, 2.75) is 13.0 Å². The van der Waals surface area contributed by atoms with Gasteiger partial charge < -0.3 is 15.5 Å². The van der Waals surface area contributed by atoms with Gasteiger partial charge in [0.2, 0.25) is 5.91 Å². The fraction of sp³-hybridized carbons (Fsp3) is 0.250. The van der Waals surface area contributed by atoms with E-state index in [0.717, 1.165) is 6.42 Å². The molecule has 1 aromatic heterocycles. The maximum atomic E-state index is 13.0. The molecule has 0 saturated heterocycles. The number of fused-ring (bicyclic) bond motifs is 1. The van der Waals surface area contributed by atoms with Crippen LogP contribution >= 0.6 is 11.3 Å². The fourth-order valence-corrected chi connectivity index (χ4v) is 3.36. The number of urea groups is 1. The van der Waals surface area contributed by atoms with E-state index in [1.54, 1.807) is 22.3 Å². The summed E-state index contributed by atoms with van der Waals surface area (Å²) in [6.45, 7) is 1.17. The SMILES string of the molecule is O=C(NCC(=O)N1CCc2sccc2C1)Nc1cccc(F)c1. The number of halogens is 1. The summed E-state index contributed by atoms with van der Waals surface area (Å²) in [6.07, 6.45) is 0.855. The Hall–Kier alpha value is -2.41. The van der Waals surface area contributed by atoms with Gasteiger partial charge in [-0.15, -0.1) is 11.3 Å². The number of thiophene rings is 1. The van der Waals surface area contributed by atoms with Crippen molar-refractivity contribution in [2.24, 2.45) is 0 Å². The Morgan fingerprint density at radius 1 is 1.30 bits per heavy atom. The second kappa shape index (κ2) is 6.78. The Morgan fingerprint density at radius 2 is 2.17 bits per heavy atom. The molecule has 23 heavy (non-hydrogen) atoms. The van der Waals surface area contributed by atoms with Gasteiger partial charge in [0.05, 0.1) is 6.54 Å². The highest BCUT2D eigenvalue weighted by Crippen LogP contribution is 2.23. The predicted octanol–water partition coefficient (Wildman–Crippen LogP) is 2.59. The largest absolute Gasteiger partial charge is 0.336 e. The minimum absolute atomic E-state index is 0.0827.